The van der Waals surface area contributed by atoms with Gasteiger partial charge in [-0.25, -0.2) is 4.79 Å². The molecule has 2 atom stereocenters. The lowest BCUT2D eigenvalue weighted by Crippen LogP contribution is -2.71. The van der Waals surface area contributed by atoms with Gasteiger partial charge in [0.15, 0.2) is 16.1 Å². The van der Waals surface area contributed by atoms with Crippen LogP contribution in [0.15, 0.2) is 21.9 Å². The number of carbonyl (C=O) groups is 3. The molecule has 4 rings (SSSR count). The summed E-state index contributed by atoms with van der Waals surface area (Å²) in [5.41, 5.74) is 0.638. The SMILES string of the molecule is Cc1nnc(SCC2=C(C(=O)O)N3C(=O)C(NC(=O)C[n+]4cnn[nH]4)C3SC2)s1. The molecule has 2 aliphatic rings. The summed E-state index contributed by atoms with van der Waals surface area (Å²) in [6.45, 7) is 1.78. The standard InChI is InChI=1S/C14H14N8O4S3/c1-6-17-18-14(29-6)28-4-7-3-27-12-9(11(24)22(12)10(7)13(25)26)16-8(23)2-21-5-15-19-20-21/h5,9,12H,2-4H2,1H3,(H2,16,23,25,26)/p+1. The zero-order valence-electron chi connectivity index (χ0n) is 14.9. The highest BCUT2D eigenvalue weighted by Crippen LogP contribution is 2.41. The van der Waals surface area contributed by atoms with Crippen molar-refractivity contribution in [1.29, 1.82) is 0 Å². The number of thioether (sulfide) groups is 2. The molecule has 2 amide bonds. The van der Waals surface area contributed by atoms with E-state index in [1.807, 2.05) is 6.92 Å². The molecule has 1 fully saturated rings. The molecule has 0 bridgehead atoms. The van der Waals surface area contributed by atoms with E-state index in [4.69, 9.17) is 0 Å². The molecule has 0 spiro atoms. The lowest BCUT2D eigenvalue weighted by Gasteiger charge is -2.49. The summed E-state index contributed by atoms with van der Waals surface area (Å²) in [5.74, 6) is -1.13. The van der Waals surface area contributed by atoms with Gasteiger partial charge in [0.25, 0.3) is 18.1 Å². The van der Waals surface area contributed by atoms with Gasteiger partial charge in [0.2, 0.25) is 0 Å². The van der Waals surface area contributed by atoms with Gasteiger partial charge in [0.1, 0.15) is 27.2 Å². The van der Waals surface area contributed by atoms with Crippen LogP contribution in [0.1, 0.15) is 5.01 Å². The fourth-order valence-electron chi connectivity index (χ4n) is 2.93. The van der Waals surface area contributed by atoms with E-state index in [2.05, 4.69) is 31.0 Å². The molecule has 1 saturated heterocycles. The number of carboxylic acid groups (broad SMARTS) is 1. The van der Waals surface area contributed by atoms with E-state index >= 15 is 0 Å². The molecule has 0 aromatic carbocycles. The maximum absolute atomic E-state index is 12.6. The molecule has 2 aliphatic heterocycles. The Hall–Kier alpha value is -2.52. The first-order valence-electron chi connectivity index (χ1n) is 8.32. The van der Waals surface area contributed by atoms with Gasteiger partial charge in [-0.15, -0.1) is 22.0 Å². The lowest BCUT2D eigenvalue weighted by atomic mass is 10.0. The van der Waals surface area contributed by atoms with Crippen molar-refractivity contribution in [2.75, 3.05) is 11.5 Å². The number of fused-ring (bicyclic) bond motifs is 1. The number of carboxylic acids is 1. The smallest absolute Gasteiger partial charge is 0.352 e. The maximum Gasteiger partial charge on any atom is 0.352 e. The predicted octanol–water partition coefficient (Wildman–Crippen LogP) is -1.22. The number of β-lactam (4-membered cyclic amide) rings is 1. The molecule has 4 heterocycles. The minimum absolute atomic E-state index is 0.00914. The monoisotopic (exact) mass is 455 g/mol. The van der Waals surface area contributed by atoms with Gasteiger partial charge in [-0.2, -0.15) is 4.68 Å². The van der Waals surface area contributed by atoms with Crippen molar-refractivity contribution in [3.63, 3.8) is 0 Å². The van der Waals surface area contributed by atoms with Crippen LogP contribution in [0.4, 0.5) is 0 Å². The van der Waals surface area contributed by atoms with Crippen LogP contribution in [-0.2, 0) is 20.9 Å². The first kappa shape index (κ1) is 19.8. The van der Waals surface area contributed by atoms with Gasteiger partial charge >= 0.3 is 5.97 Å². The van der Waals surface area contributed by atoms with Crippen molar-refractivity contribution < 1.29 is 24.2 Å². The number of aliphatic carboxylic acids is 1. The number of nitrogens with one attached hydrogen (secondary N) is 2. The van der Waals surface area contributed by atoms with E-state index < -0.39 is 29.2 Å². The number of tetrazole rings is 1. The minimum atomic E-state index is -1.16. The molecule has 152 valence electrons. The van der Waals surface area contributed by atoms with Crippen LogP contribution in [0.5, 0.6) is 0 Å². The van der Waals surface area contributed by atoms with E-state index in [-0.39, 0.29) is 12.2 Å². The largest absolute Gasteiger partial charge is 0.477 e. The summed E-state index contributed by atoms with van der Waals surface area (Å²) in [6, 6.07) is -0.765. The molecule has 3 N–H and O–H groups in total. The molecule has 0 saturated carbocycles. The molecule has 29 heavy (non-hydrogen) atoms. The number of H-pyrrole nitrogens is 1. The quantitative estimate of drug-likeness (QED) is 0.263. The molecular formula is C14H15N8O4S3+. The number of nitrogens with zero attached hydrogens (tertiary/aromatic N) is 6. The average molecular weight is 456 g/mol. The van der Waals surface area contributed by atoms with Crippen molar-refractivity contribution in [2.24, 2.45) is 0 Å². The summed E-state index contributed by atoms with van der Waals surface area (Å²) in [4.78, 5) is 37.9. The van der Waals surface area contributed by atoms with Crippen molar-refractivity contribution in [3.05, 3.63) is 22.6 Å². The third kappa shape index (κ3) is 3.97. The van der Waals surface area contributed by atoms with E-state index in [1.165, 1.54) is 50.8 Å². The summed E-state index contributed by atoms with van der Waals surface area (Å²) in [6.07, 6.45) is 1.35. The first-order chi connectivity index (χ1) is 13.9. The van der Waals surface area contributed by atoms with Crippen LogP contribution >= 0.6 is 34.9 Å². The molecule has 0 radical (unpaired) electrons. The summed E-state index contributed by atoms with van der Waals surface area (Å²) in [7, 11) is 0. The van der Waals surface area contributed by atoms with Gasteiger partial charge in [-0.05, 0) is 12.5 Å². The Morgan fingerprint density at radius 1 is 1.48 bits per heavy atom. The topological polar surface area (TPSA) is 158 Å². The van der Waals surface area contributed by atoms with Crippen molar-refractivity contribution >= 4 is 52.6 Å². The normalized spacial score (nSPS) is 21.0. The average Bonchev–Trinajstić information content (AvgIpc) is 3.35. The summed E-state index contributed by atoms with van der Waals surface area (Å²) in [5, 5.41) is 30.2. The van der Waals surface area contributed by atoms with Crippen LogP contribution in [0.2, 0.25) is 0 Å². The van der Waals surface area contributed by atoms with Gasteiger partial charge in [-0.3, -0.25) is 14.5 Å². The zero-order chi connectivity index (χ0) is 20.5. The van der Waals surface area contributed by atoms with Crippen molar-refractivity contribution in [3.8, 4) is 0 Å². The summed E-state index contributed by atoms with van der Waals surface area (Å²) >= 11 is 4.26. The van der Waals surface area contributed by atoms with E-state index in [0.717, 1.165) is 9.35 Å². The lowest BCUT2D eigenvalue weighted by molar-refractivity contribution is -0.743. The maximum atomic E-state index is 12.6. The van der Waals surface area contributed by atoms with Crippen LogP contribution in [-0.4, -0.2) is 76.4 Å². The number of amides is 2. The first-order valence-corrected chi connectivity index (χ1v) is 11.2. The summed E-state index contributed by atoms with van der Waals surface area (Å²) < 4.78 is 2.11. The Morgan fingerprint density at radius 3 is 2.97 bits per heavy atom. The van der Waals surface area contributed by atoms with Gasteiger partial charge in [-0.1, -0.05) is 28.3 Å². The fraction of sp³-hybridized carbons (Fsp3) is 0.429. The van der Waals surface area contributed by atoms with Gasteiger partial charge < -0.3 is 10.4 Å². The Morgan fingerprint density at radius 2 is 2.31 bits per heavy atom. The van der Waals surface area contributed by atoms with Gasteiger partial charge in [0.05, 0.1) is 0 Å². The Labute approximate surface area is 176 Å². The second-order valence-electron chi connectivity index (χ2n) is 6.15. The Bertz CT molecular complexity index is 991. The molecule has 12 nitrogen and oxygen atoms in total. The Kier molecular flexibility index (Phi) is 5.51. The number of aromatic amines is 1. The number of aryl methyl sites for hydroxylation is 1. The number of hydrogen-bond donors (Lipinski definition) is 3. The molecule has 2 aromatic rings. The number of aromatic nitrogens is 6. The van der Waals surface area contributed by atoms with E-state index in [9.17, 15) is 19.5 Å². The van der Waals surface area contributed by atoms with Crippen LogP contribution in [0.25, 0.3) is 0 Å². The van der Waals surface area contributed by atoms with Crippen LogP contribution in [0.3, 0.4) is 0 Å². The van der Waals surface area contributed by atoms with Crippen LogP contribution < -0.4 is 10.00 Å². The van der Waals surface area contributed by atoms with Gasteiger partial charge in [0, 0.05) is 11.5 Å². The molecule has 2 unspecified atom stereocenters. The third-order valence-electron chi connectivity index (χ3n) is 4.18. The molecule has 15 heteroatoms. The second kappa shape index (κ2) is 8.08. The Balaban J connectivity index is 1.44. The van der Waals surface area contributed by atoms with Crippen LogP contribution in [0, 0.1) is 6.92 Å². The highest BCUT2D eigenvalue weighted by atomic mass is 32.2. The van der Waals surface area contributed by atoms with Crippen molar-refractivity contribution in [1.82, 2.24) is 35.9 Å². The molecule has 2 aromatic heterocycles. The molecule has 0 aliphatic carbocycles. The highest BCUT2D eigenvalue weighted by Gasteiger charge is 2.54. The number of hydrogen-bond acceptors (Lipinski definition) is 10. The molecular weight excluding hydrogens is 440 g/mol. The van der Waals surface area contributed by atoms with E-state index in [1.54, 1.807) is 0 Å². The highest BCUT2D eigenvalue weighted by molar-refractivity contribution is 8.01. The van der Waals surface area contributed by atoms with E-state index in [0.29, 0.717) is 17.1 Å². The zero-order valence-corrected chi connectivity index (χ0v) is 17.4. The number of rotatable bonds is 7. The van der Waals surface area contributed by atoms with Crippen molar-refractivity contribution in [2.45, 2.75) is 29.2 Å². The fourth-order valence-corrected chi connectivity index (χ4v) is 6.23. The predicted molar refractivity (Wildman–Crippen MR) is 102 cm³/mol. The third-order valence-corrected chi connectivity index (χ3v) is 7.58. The number of carbonyl (C=O) groups excluding carboxylic acids is 2. The minimum Gasteiger partial charge on any atom is -0.477 e. The second-order valence-corrected chi connectivity index (χ2v) is 9.66.